The highest BCUT2D eigenvalue weighted by Gasteiger charge is 2.16. The monoisotopic (exact) mass is 317 g/mol. The van der Waals surface area contributed by atoms with Crippen molar-refractivity contribution in [2.75, 3.05) is 0 Å². The molecule has 0 aliphatic carbocycles. The molecule has 0 spiro atoms. The first-order valence-corrected chi connectivity index (χ1v) is 7.29. The molecule has 0 aliphatic heterocycles. The van der Waals surface area contributed by atoms with Crippen LogP contribution in [0.5, 0.6) is 0 Å². The van der Waals surface area contributed by atoms with Crippen molar-refractivity contribution in [2.24, 2.45) is 5.73 Å². The third-order valence-corrected chi connectivity index (χ3v) is 4.49. The van der Waals surface area contributed by atoms with Gasteiger partial charge in [0, 0.05) is 4.47 Å². The molecule has 0 saturated heterocycles. The highest BCUT2D eigenvalue weighted by molar-refractivity contribution is 9.10. The molecule has 0 amide bonds. The fourth-order valence-corrected chi connectivity index (χ4v) is 2.81. The van der Waals surface area contributed by atoms with Crippen molar-refractivity contribution in [1.29, 1.82) is 0 Å². The molecule has 100 valence electrons. The number of nitrogens with two attached hydrogens (primary N) is 1. The topological polar surface area (TPSA) is 26.0 Å². The molecule has 2 heteroatoms. The Morgan fingerprint density at radius 1 is 0.895 bits per heavy atom. The summed E-state index contributed by atoms with van der Waals surface area (Å²) in [5.41, 5.74) is 14.1. The largest absolute Gasteiger partial charge is 0.320 e. The van der Waals surface area contributed by atoms with Crippen LogP contribution in [0.3, 0.4) is 0 Å². The van der Waals surface area contributed by atoms with Crippen LogP contribution >= 0.6 is 15.9 Å². The van der Waals surface area contributed by atoms with E-state index in [4.69, 9.17) is 5.73 Å². The maximum Gasteiger partial charge on any atom is 0.0557 e. The van der Waals surface area contributed by atoms with Gasteiger partial charge in [-0.15, -0.1) is 0 Å². The molecule has 19 heavy (non-hydrogen) atoms. The van der Waals surface area contributed by atoms with Gasteiger partial charge < -0.3 is 5.73 Å². The van der Waals surface area contributed by atoms with Gasteiger partial charge in [0.05, 0.1) is 6.04 Å². The van der Waals surface area contributed by atoms with E-state index in [2.05, 4.69) is 61.8 Å². The summed E-state index contributed by atoms with van der Waals surface area (Å²) in [5, 5.41) is 0. The Kier molecular flexibility index (Phi) is 4.12. The average Bonchev–Trinajstić information content (AvgIpc) is 2.37. The fourth-order valence-electron chi connectivity index (χ4n) is 2.55. The molecule has 1 unspecified atom stereocenters. The Hall–Kier alpha value is -1.12. The van der Waals surface area contributed by atoms with Gasteiger partial charge in [-0.05, 0) is 73.2 Å². The van der Waals surface area contributed by atoms with Crippen LogP contribution in [0, 0.1) is 27.7 Å². The highest BCUT2D eigenvalue weighted by atomic mass is 79.9. The normalized spacial score (nSPS) is 12.5. The number of benzene rings is 2. The van der Waals surface area contributed by atoms with Crippen LogP contribution in [0.2, 0.25) is 0 Å². The van der Waals surface area contributed by atoms with Crippen molar-refractivity contribution in [3.63, 3.8) is 0 Å². The van der Waals surface area contributed by atoms with Crippen LogP contribution in [0.4, 0.5) is 0 Å². The van der Waals surface area contributed by atoms with Crippen LogP contribution in [-0.4, -0.2) is 0 Å². The first-order chi connectivity index (χ1) is 8.91. The Morgan fingerprint density at radius 3 is 1.84 bits per heavy atom. The van der Waals surface area contributed by atoms with E-state index in [0.29, 0.717) is 0 Å². The van der Waals surface area contributed by atoms with Crippen LogP contribution in [-0.2, 0) is 0 Å². The lowest BCUT2D eigenvalue weighted by Crippen LogP contribution is -2.16. The quantitative estimate of drug-likeness (QED) is 0.851. The maximum absolute atomic E-state index is 6.49. The minimum atomic E-state index is -0.0632. The first kappa shape index (κ1) is 14.3. The van der Waals surface area contributed by atoms with Crippen molar-refractivity contribution in [2.45, 2.75) is 33.7 Å². The standard InChI is InChI=1S/C17H20BrN/c1-10-9-11(2)13(4)16(12(10)3)17(19)14-5-7-15(18)8-6-14/h5-9,17H,19H2,1-4H3. The molecule has 0 saturated carbocycles. The molecule has 0 radical (unpaired) electrons. The van der Waals surface area contributed by atoms with Crippen molar-refractivity contribution in [3.05, 3.63) is 68.2 Å². The van der Waals surface area contributed by atoms with Crippen molar-refractivity contribution < 1.29 is 0 Å². The van der Waals surface area contributed by atoms with Gasteiger partial charge in [0.15, 0.2) is 0 Å². The second kappa shape index (κ2) is 5.48. The molecular weight excluding hydrogens is 298 g/mol. The first-order valence-electron chi connectivity index (χ1n) is 6.50. The molecule has 2 N–H and O–H groups in total. The van der Waals surface area contributed by atoms with Crippen molar-refractivity contribution >= 4 is 15.9 Å². The van der Waals surface area contributed by atoms with Crippen LogP contribution in [0.25, 0.3) is 0 Å². The van der Waals surface area contributed by atoms with Gasteiger partial charge in [-0.2, -0.15) is 0 Å². The number of aryl methyl sites for hydroxylation is 2. The second-order valence-corrected chi connectivity index (χ2v) is 6.12. The SMILES string of the molecule is Cc1cc(C)c(C)c(C(N)c2ccc(Br)cc2)c1C. The smallest absolute Gasteiger partial charge is 0.0557 e. The molecular formula is C17H20BrN. The second-order valence-electron chi connectivity index (χ2n) is 5.20. The Labute approximate surface area is 124 Å². The number of hydrogen-bond acceptors (Lipinski definition) is 1. The van der Waals surface area contributed by atoms with Crippen molar-refractivity contribution in [1.82, 2.24) is 0 Å². The summed E-state index contributed by atoms with van der Waals surface area (Å²) in [6.07, 6.45) is 0. The summed E-state index contributed by atoms with van der Waals surface area (Å²) in [6.45, 7) is 8.63. The number of rotatable bonds is 2. The van der Waals surface area contributed by atoms with E-state index >= 15 is 0 Å². The molecule has 2 aromatic carbocycles. The van der Waals surface area contributed by atoms with E-state index in [1.165, 1.54) is 27.8 Å². The minimum Gasteiger partial charge on any atom is -0.320 e. The molecule has 2 aromatic rings. The van der Waals surface area contributed by atoms with Crippen LogP contribution in [0.15, 0.2) is 34.8 Å². The van der Waals surface area contributed by atoms with Gasteiger partial charge in [0.25, 0.3) is 0 Å². The third kappa shape index (κ3) is 2.75. The Balaban J connectivity index is 2.55. The summed E-state index contributed by atoms with van der Waals surface area (Å²) < 4.78 is 1.08. The van der Waals surface area contributed by atoms with Gasteiger partial charge in [-0.25, -0.2) is 0 Å². The van der Waals surface area contributed by atoms with E-state index in [1.54, 1.807) is 0 Å². The fraction of sp³-hybridized carbons (Fsp3) is 0.294. The molecule has 2 rings (SSSR count). The lowest BCUT2D eigenvalue weighted by molar-refractivity contribution is 0.845. The van der Waals surface area contributed by atoms with Gasteiger partial charge in [-0.1, -0.05) is 34.1 Å². The minimum absolute atomic E-state index is 0.0632. The van der Waals surface area contributed by atoms with Gasteiger partial charge in [-0.3, -0.25) is 0 Å². The average molecular weight is 318 g/mol. The molecule has 1 nitrogen and oxygen atoms in total. The maximum atomic E-state index is 6.49. The predicted octanol–water partition coefficient (Wildman–Crippen LogP) is 4.73. The summed E-state index contributed by atoms with van der Waals surface area (Å²) in [7, 11) is 0. The van der Waals surface area contributed by atoms with Crippen LogP contribution < -0.4 is 5.73 Å². The highest BCUT2D eigenvalue weighted by Crippen LogP contribution is 2.30. The van der Waals surface area contributed by atoms with Crippen LogP contribution in [0.1, 0.15) is 39.4 Å². The molecule has 0 bridgehead atoms. The van der Waals surface area contributed by atoms with E-state index < -0.39 is 0 Å². The Bertz CT molecular complexity index is 573. The summed E-state index contributed by atoms with van der Waals surface area (Å²) in [5.74, 6) is 0. The zero-order valence-corrected chi connectivity index (χ0v) is 13.5. The zero-order chi connectivity index (χ0) is 14.2. The van der Waals surface area contributed by atoms with Crippen molar-refractivity contribution in [3.8, 4) is 0 Å². The van der Waals surface area contributed by atoms with E-state index in [9.17, 15) is 0 Å². The summed E-state index contributed by atoms with van der Waals surface area (Å²) >= 11 is 3.46. The molecule has 0 fully saturated rings. The van der Waals surface area contributed by atoms with Gasteiger partial charge in [0.1, 0.15) is 0 Å². The molecule has 1 atom stereocenters. The summed E-state index contributed by atoms with van der Waals surface area (Å²) in [4.78, 5) is 0. The van der Waals surface area contributed by atoms with E-state index in [1.807, 2.05) is 12.1 Å². The predicted molar refractivity (Wildman–Crippen MR) is 85.6 cm³/mol. The number of halogens is 1. The molecule has 0 heterocycles. The van der Waals surface area contributed by atoms with E-state index in [-0.39, 0.29) is 6.04 Å². The molecule has 0 aliphatic rings. The zero-order valence-electron chi connectivity index (χ0n) is 11.9. The van der Waals surface area contributed by atoms with Gasteiger partial charge >= 0.3 is 0 Å². The Morgan fingerprint density at radius 2 is 1.37 bits per heavy atom. The van der Waals surface area contributed by atoms with E-state index in [0.717, 1.165) is 10.0 Å². The third-order valence-electron chi connectivity index (χ3n) is 3.96. The van der Waals surface area contributed by atoms with Gasteiger partial charge in [0.2, 0.25) is 0 Å². The lowest BCUT2D eigenvalue weighted by Gasteiger charge is -2.21. The summed E-state index contributed by atoms with van der Waals surface area (Å²) in [6, 6.07) is 10.4. The number of hydrogen-bond donors (Lipinski definition) is 1. The lowest BCUT2D eigenvalue weighted by atomic mass is 9.87. The molecule has 0 aromatic heterocycles.